The van der Waals surface area contributed by atoms with Crippen molar-refractivity contribution in [2.75, 3.05) is 19.7 Å². The lowest BCUT2D eigenvalue weighted by Crippen LogP contribution is -2.54. The molecule has 1 aromatic carbocycles. The molecule has 6 nitrogen and oxygen atoms in total. The predicted octanol–water partition coefficient (Wildman–Crippen LogP) is 4.52. The number of hydrogen-bond acceptors (Lipinski definition) is 5. The van der Waals surface area contributed by atoms with Gasteiger partial charge < -0.3 is 9.72 Å². The van der Waals surface area contributed by atoms with Gasteiger partial charge in [0.05, 0.1) is 25.1 Å². The number of benzene rings is 1. The molecule has 0 radical (unpaired) electrons. The number of piperidine rings is 1. The number of ether oxygens (including phenoxy) is 1. The number of aromatic nitrogens is 1. The van der Waals surface area contributed by atoms with Gasteiger partial charge in [0.25, 0.3) is 0 Å². The van der Waals surface area contributed by atoms with Crippen molar-refractivity contribution in [1.29, 1.82) is 0 Å². The van der Waals surface area contributed by atoms with Crippen LogP contribution in [-0.4, -0.2) is 41.6 Å². The standard InChI is InChI=1S/C22H29N3O3/c1-3-14-19-15-9-5-6-10-17(15)24-20(19)18-11-7-8-12-25(18)21(14)16(13-23-27)22(26)28-4-2/h5-6,9-10,14,16,18,21,24H,3-4,7-8,11-13H2,1-2H3/t14?,16-,18?,21?/m1/s1. The normalized spacial score (nSPS) is 25.7. The third kappa shape index (κ3) is 3.04. The third-order valence-electron chi connectivity index (χ3n) is 6.53. The van der Waals surface area contributed by atoms with E-state index in [1.807, 2.05) is 6.92 Å². The van der Waals surface area contributed by atoms with E-state index >= 15 is 0 Å². The maximum Gasteiger partial charge on any atom is 0.312 e. The van der Waals surface area contributed by atoms with Crippen molar-refractivity contribution in [3.63, 3.8) is 0 Å². The lowest BCUT2D eigenvalue weighted by atomic mass is 9.73. The monoisotopic (exact) mass is 383 g/mol. The van der Waals surface area contributed by atoms with Gasteiger partial charge in [-0.3, -0.25) is 9.69 Å². The van der Waals surface area contributed by atoms with Crippen LogP contribution in [0.15, 0.2) is 29.4 Å². The smallest absolute Gasteiger partial charge is 0.312 e. The van der Waals surface area contributed by atoms with Gasteiger partial charge in [-0.15, -0.1) is 0 Å². The van der Waals surface area contributed by atoms with Crippen molar-refractivity contribution in [1.82, 2.24) is 9.88 Å². The number of nitrogens with zero attached hydrogens (tertiary/aromatic N) is 2. The van der Waals surface area contributed by atoms with Crippen LogP contribution in [-0.2, 0) is 9.53 Å². The molecule has 2 aliphatic heterocycles. The van der Waals surface area contributed by atoms with Crippen molar-refractivity contribution < 1.29 is 9.53 Å². The molecule has 3 heterocycles. The van der Waals surface area contributed by atoms with Crippen molar-refractivity contribution in [2.45, 2.75) is 57.5 Å². The maximum absolute atomic E-state index is 12.8. The molecule has 0 aliphatic carbocycles. The Morgan fingerprint density at radius 3 is 2.89 bits per heavy atom. The molecule has 4 atom stereocenters. The van der Waals surface area contributed by atoms with Crippen molar-refractivity contribution in [3.8, 4) is 0 Å². The Morgan fingerprint density at radius 1 is 1.32 bits per heavy atom. The van der Waals surface area contributed by atoms with Crippen LogP contribution in [0.3, 0.4) is 0 Å². The number of para-hydroxylation sites is 1. The fourth-order valence-electron chi connectivity index (χ4n) is 5.48. The number of rotatable bonds is 6. The topological polar surface area (TPSA) is 74.8 Å². The number of aromatic amines is 1. The van der Waals surface area contributed by atoms with Crippen LogP contribution in [0.2, 0.25) is 0 Å². The van der Waals surface area contributed by atoms with E-state index < -0.39 is 5.92 Å². The van der Waals surface area contributed by atoms with Crippen LogP contribution < -0.4 is 0 Å². The molecule has 1 N–H and O–H groups in total. The molecule has 0 amide bonds. The zero-order chi connectivity index (χ0) is 19.7. The summed E-state index contributed by atoms with van der Waals surface area (Å²) in [7, 11) is 0. The lowest BCUT2D eigenvalue weighted by Gasteiger charge is -2.50. The number of hydrogen-bond donors (Lipinski definition) is 1. The van der Waals surface area contributed by atoms with Gasteiger partial charge >= 0.3 is 5.97 Å². The highest BCUT2D eigenvalue weighted by molar-refractivity contribution is 5.86. The molecule has 28 heavy (non-hydrogen) atoms. The average molecular weight is 383 g/mol. The molecule has 2 aromatic rings. The summed E-state index contributed by atoms with van der Waals surface area (Å²) >= 11 is 0. The summed E-state index contributed by atoms with van der Waals surface area (Å²) < 4.78 is 5.37. The number of fused-ring (bicyclic) bond motifs is 5. The van der Waals surface area contributed by atoms with E-state index in [-0.39, 0.29) is 30.5 Å². The number of H-pyrrole nitrogens is 1. The Balaban J connectivity index is 1.87. The Bertz CT molecular complexity index is 862. The molecule has 4 rings (SSSR count). The Hall–Kier alpha value is -2.21. The maximum atomic E-state index is 12.8. The zero-order valence-electron chi connectivity index (χ0n) is 16.7. The van der Waals surface area contributed by atoms with Gasteiger partial charge in [-0.2, -0.15) is 4.91 Å². The van der Waals surface area contributed by atoms with Crippen molar-refractivity contribution in [2.24, 2.45) is 11.1 Å². The van der Waals surface area contributed by atoms with Crippen LogP contribution >= 0.6 is 0 Å². The number of nitroso groups, excluding NO2 is 1. The molecule has 2 aliphatic rings. The summed E-state index contributed by atoms with van der Waals surface area (Å²) in [6.07, 6.45) is 4.26. The summed E-state index contributed by atoms with van der Waals surface area (Å²) in [5.74, 6) is -0.653. The van der Waals surface area contributed by atoms with E-state index in [4.69, 9.17) is 4.74 Å². The van der Waals surface area contributed by atoms with Crippen molar-refractivity contribution in [3.05, 3.63) is 40.4 Å². The number of nitrogens with one attached hydrogen (secondary N) is 1. The average Bonchev–Trinajstić information content (AvgIpc) is 3.11. The summed E-state index contributed by atoms with van der Waals surface area (Å²) in [5.41, 5.74) is 3.77. The highest BCUT2D eigenvalue weighted by atomic mass is 16.5. The van der Waals surface area contributed by atoms with Crippen LogP contribution in [0, 0.1) is 10.8 Å². The minimum atomic E-state index is -0.523. The lowest BCUT2D eigenvalue weighted by molar-refractivity contribution is -0.152. The van der Waals surface area contributed by atoms with Gasteiger partial charge in [-0.25, -0.2) is 0 Å². The molecular formula is C22H29N3O3. The molecule has 3 unspecified atom stereocenters. The second-order valence-electron chi connectivity index (χ2n) is 7.92. The van der Waals surface area contributed by atoms with Crippen LogP contribution in [0.5, 0.6) is 0 Å². The summed E-state index contributed by atoms with van der Waals surface area (Å²) in [5, 5.41) is 4.38. The quantitative estimate of drug-likeness (QED) is 0.588. The van der Waals surface area contributed by atoms with Gasteiger partial charge in [0.2, 0.25) is 0 Å². The number of carbonyl (C=O) groups is 1. The predicted molar refractivity (Wildman–Crippen MR) is 109 cm³/mol. The van der Waals surface area contributed by atoms with E-state index in [0.29, 0.717) is 6.61 Å². The SMILES string of the molecule is CCOC(=O)[C@H](CN=O)C1C(CC)c2c([nH]c3ccccc23)C2CCCCN21. The summed E-state index contributed by atoms with van der Waals surface area (Å²) in [6, 6.07) is 8.62. The molecule has 1 saturated heterocycles. The fourth-order valence-corrected chi connectivity index (χ4v) is 5.48. The van der Waals surface area contributed by atoms with E-state index in [1.54, 1.807) is 0 Å². The third-order valence-corrected chi connectivity index (χ3v) is 6.53. The first-order chi connectivity index (χ1) is 13.7. The highest BCUT2D eigenvalue weighted by Gasteiger charge is 2.48. The van der Waals surface area contributed by atoms with Crippen LogP contribution in [0.1, 0.15) is 62.7 Å². The van der Waals surface area contributed by atoms with Gasteiger partial charge in [0.1, 0.15) is 0 Å². The fraction of sp³-hybridized carbons (Fsp3) is 0.591. The Morgan fingerprint density at radius 2 is 2.14 bits per heavy atom. The minimum Gasteiger partial charge on any atom is -0.466 e. The summed E-state index contributed by atoms with van der Waals surface area (Å²) in [6.45, 7) is 5.21. The van der Waals surface area contributed by atoms with E-state index in [0.717, 1.165) is 31.3 Å². The first-order valence-corrected chi connectivity index (χ1v) is 10.5. The zero-order valence-corrected chi connectivity index (χ0v) is 16.7. The molecule has 1 aromatic heterocycles. The minimum absolute atomic E-state index is 0.0269. The molecule has 0 bridgehead atoms. The second-order valence-corrected chi connectivity index (χ2v) is 7.92. The van der Waals surface area contributed by atoms with E-state index in [1.165, 1.54) is 23.1 Å². The van der Waals surface area contributed by atoms with E-state index in [2.05, 4.69) is 46.2 Å². The Kier molecular flexibility index (Phi) is 5.49. The first-order valence-electron chi connectivity index (χ1n) is 10.5. The number of esters is 1. The largest absolute Gasteiger partial charge is 0.466 e. The molecule has 150 valence electrons. The molecular weight excluding hydrogens is 354 g/mol. The summed E-state index contributed by atoms with van der Waals surface area (Å²) in [4.78, 5) is 30.2. The first kappa shape index (κ1) is 19.1. The van der Waals surface area contributed by atoms with E-state index in [9.17, 15) is 9.70 Å². The van der Waals surface area contributed by atoms with Crippen LogP contribution in [0.4, 0.5) is 0 Å². The van der Waals surface area contributed by atoms with Crippen molar-refractivity contribution >= 4 is 16.9 Å². The van der Waals surface area contributed by atoms with Gasteiger partial charge in [-0.05, 0) is 44.4 Å². The van der Waals surface area contributed by atoms with Gasteiger partial charge in [-0.1, -0.05) is 36.7 Å². The molecule has 0 spiro atoms. The number of carbonyl (C=O) groups excluding carboxylic acids is 1. The van der Waals surface area contributed by atoms with Crippen LogP contribution in [0.25, 0.3) is 10.9 Å². The highest BCUT2D eigenvalue weighted by Crippen LogP contribution is 2.50. The second kappa shape index (κ2) is 8.03. The molecule has 0 saturated carbocycles. The Labute approximate surface area is 165 Å². The molecule has 1 fully saturated rings. The van der Waals surface area contributed by atoms with Gasteiger partial charge in [0, 0.05) is 28.6 Å². The molecule has 6 heteroatoms. The van der Waals surface area contributed by atoms with Gasteiger partial charge in [0.15, 0.2) is 0 Å².